The van der Waals surface area contributed by atoms with Crippen LogP contribution < -0.4 is 5.32 Å². The van der Waals surface area contributed by atoms with E-state index in [9.17, 15) is 9.18 Å². The maximum absolute atomic E-state index is 13.6. The van der Waals surface area contributed by atoms with Crippen LogP contribution in [0.3, 0.4) is 0 Å². The third kappa shape index (κ3) is 3.09. The number of amides is 1. The molecule has 1 N–H and O–H groups in total. The van der Waals surface area contributed by atoms with E-state index in [-0.39, 0.29) is 29.5 Å². The second kappa shape index (κ2) is 6.15. The maximum atomic E-state index is 13.6. The summed E-state index contributed by atoms with van der Waals surface area (Å²) in [6.45, 7) is 0.284. The number of aromatic nitrogens is 2. The lowest BCUT2D eigenvalue weighted by Gasteiger charge is -2.06. The molecule has 22 heavy (non-hydrogen) atoms. The molecule has 1 amide bonds. The third-order valence-corrected chi connectivity index (χ3v) is 3.63. The molecule has 0 aliphatic heterocycles. The van der Waals surface area contributed by atoms with Crippen molar-refractivity contribution < 1.29 is 9.18 Å². The van der Waals surface area contributed by atoms with Crippen molar-refractivity contribution in [2.45, 2.75) is 13.0 Å². The van der Waals surface area contributed by atoms with Gasteiger partial charge in [0.15, 0.2) is 0 Å². The average molecular weight is 318 g/mol. The summed E-state index contributed by atoms with van der Waals surface area (Å²) in [6.07, 6.45) is 3.62. The molecule has 0 saturated heterocycles. The predicted molar refractivity (Wildman–Crippen MR) is 82.2 cm³/mol. The molecule has 3 rings (SSSR count). The molecule has 1 aromatic carbocycles. The van der Waals surface area contributed by atoms with Crippen molar-refractivity contribution >= 4 is 23.2 Å². The highest BCUT2D eigenvalue weighted by Gasteiger charge is 2.12. The number of pyridine rings is 1. The SMILES string of the molecule is O=C(Cc1c(F)cccc1Cl)NCc1cn2ccccc2n1. The molecule has 0 spiro atoms. The monoisotopic (exact) mass is 317 g/mol. The van der Waals surface area contributed by atoms with Crippen molar-refractivity contribution in [1.29, 1.82) is 0 Å². The molecule has 0 aliphatic rings. The second-order valence-electron chi connectivity index (χ2n) is 4.85. The van der Waals surface area contributed by atoms with Crippen molar-refractivity contribution in [2.75, 3.05) is 0 Å². The molecular weight excluding hydrogens is 305 g/mol. The Bertz CT molecular complexity index is 778. The van der Waals surface area contributed by atoms with Crippen molar-refractivity contribution in [3.05, 3.63) is 70.9 Å². The van der Waals surface area contributed by atoms with Gasteiger partial charge in [-0.2, -0.15) is 0 Å². The first-order valence-corrected chi connectivity index (χ1v) is 7.13. The number of rotatable bonds is 4. The van der Waals surface area contributed by atoms with Gasteiger partial charge >= 0.3 is 0 Å². The molecular formula is C16H13ClFN3O. The van der Waals surface area contributed by atoms with Gasteiger partial charge in [0.2, 0.25) is 5.91 Å². The van der Waals surface area contributed by atoms with E-state index in [1.807, 2.05) is 35.0 Å². The van der Waals surface area contributed by atoms with Crippen LogP contribution in [0.5, 0.6) is 0 Å². The van der Waals surface area contributed by atoms with Crippen LogP contribution in [0.1, 0.15) is 11.3 Å². The fourth-order valence-corrected chi connectivity index (χ4v) is 2.42. The zero-order valence-electron chi connectivity index (χ0n) is 11.6. The largest absolute Gasteiger partial charge is 0.350 e. The number of fused-ring (bicyclic) bond motifs is 1. The topological polar surface area (TPSA) is 46.4 Å². The molecule has 0 fully saturated rings. The van der Waals surface area contributed by atoms with Crippen molar-refractivity contribution in [1.82, 2.24) is 14.7 Å². The van der Waals surface area contributed by atoms with Gasteiger partial charge in [-0.05, 0) is 24.3 Å². The predicted octanol–water partition coefficient (Wildman–Crippen LogP) is 2.99. The molecule has 0 saturated carbocycles. The van der Waals surface area contributed by atoms with Gasteiger partial charge in [-0.3, -0.25) is 4.79 Å². The zero-order valence-corrected chi connectivity index (χ0v) is 12.3. The van der Waals surface area contributed by atoms with Crippen LogP contribution in [-0.2, 0) is 17.8 Å². The number of halogens is 2. The van der Waals surface area contributed by atoms with E-state index < -0.39 is 5.82 Å². The smallest absolute Gasteiger partial charge is 0.224 e. The van der Waals surface area contributed by atoms with Gasteiger partial charge in [-0.25, -0.2) is 9.37 Å². The summed E-state index contributed by atoms with van der Waals surface area (Å²) < 4.78 is 15.5. The Morgan fingerprint density at radius 1 is 1.27 bits per heavy atom. The van der Waals surface area contributed by atoms with Crippen LogP contribution in [0.4, 0.5) is 4.39 Å². The van der Waals surface area contributed by atoms with E-state index in [4.69, 9.17) is 11.6 Å². The summed E-state index contributed by atoms with van der Waals surface area (Å²) in [5.41, 5.74) is 1.75. The Kier molecular flexibility index (Phi) is 4.06. The van der Waals surface area contributed by atoms with Gasteiger partial charge in [0, 0.05) is 23.0 Å². The van der Waals surface area contributed by atoms with E-state index in [0.717, 1.165) is 11.3 Å². The standard InChI is InChI=1S/C16H13ClFN3O/c17-13-4-3-5-14(18)12(13)8-16(22)19-9-11-10-21-7-2-1-6-15(21)20-11/h1-7,10H,8-9H2,(H,19,22). The zero-order chi connectivity index (χ0) is 15.5. The van der Waals surface area contributed by atoms with Crippen molar-refractivity contribution in [3.8, 4) is 0 Å². The van der Waals surface area contributed by atoms with E-state index in [1.165, 1.54) is 12.1 Å². The van der Waals surface area contributed by atoms with E-state index in [2.05, 4.69) is 10.3 Å². The van der Waals surface area contributed by atoms with Crippen LogP contribution in [0.25, 0.3) is 5.65 Å². The van der Waals surface area contributed by atoms with Gasteiger partial charge in [-0.1, -0.05) is 23.7 Å². The highest BCUT2D eigenvalue weighted by atomic mass is 35.5. The highest BCUT2D eigenvalue weighted by molar-refractivity contribution is 6.31. The number of nitrogens with one attached hydrogen (secondary N) is 1. The van der Waals surface area contributed by atoms with Crippen LogP contribution in [-0.4, -0.2) is 15.3 Å². The quantitative estimate of drug-likeness (QED) is 0.804. The lowest BCUT2D eigenvalue weighted by Crippen LogP contribution is -2.25. The van der Waals surface area contributed by atoms with Gasteiger partial charge in [0.25, 0.3) is 0 Å². The normalized spacial score (nSPS) is 10.8. The van der Waals surface area contributed by atoms with Crippen LogP contribution in [0.15, 0.2) is 48.8 Å². The fourth-order valence-electron chi connectivity index (χ4n) is 2.19. The molecule has 0 aliphatic carbocycles. The number of hydrogen-bond donors (Lipinski definition) is 1. The number of nitrogens with zero attached hydrogens (tertiary/aromatic N) is 2. The van der Waals surface area contributed by atoms with E-state index in [1.54, 1.807) is 6.07 Å². The minimum atomic E-state index is -0.476. The highest BCUT2D eigenvalue weighted by Crippen LogP contribution is 2.19. The summed E-state index contributed by atoms with van der Waals surface area (Å²) in [7, 11) is 0. The first kappa shape index (κ1) is 14.5. The lowest BCUT2D eigenvalue weighted by atomic mass is 10.1. The maximum Gasteiger partial charge on any atom is 0.224 e. The Labute approximate surface area is 131 Å². The summed E-state index contributed by atoms with van der Waals surface area (Å²) in [5, 5.41) is 2.98. The molecule has 2 heterocycles. The molecule has 0 unspecified atom stereocenters. The Morgan fingerprint density at radius 3 is 2.91 bits per heavy atom. The molecule has 2 aromatic heterocycles. The van der Waals surface area contributed by atoms with Crippen LogP contribution in [0, 0.1) is 5.82 Å². The average Bonchev–Trinajstić information content (AvgIpc) is 2.92. The van der Waals surface area contributed by atoms with Crippen LogP contribution >= 0.6 is 11.6 Å². The minimum Gasteiger partial charge on any atom is -0.350 e. The van der Waals surface area contributed by atoms with Crippen molar-refractivity contribution in [3.63, 3.8) is 0 Å². The van der Waals surface area contributed by atoms with E-state index in [0.29, 0.717) is 0 Å². The molecule has 6 heteroatoms. The molecule has 3 aromatic rings. The number of carbonyl (C=O) groups excluding carboxylic acids is 1. The summed E-state index contributed by atoms with van der Waals surface area (Å²) in [4.78, 5) is 16.3. The summed E-state index contributed by atoms with van der Waals surface area (Å²) in [6, 6.07) is 10.0. The number of hydrogen-bond acceptors (Lipinski definition) is 2. The number of carbonyl (C=O) groups is 1. The summed E-state index contributed by atoms with van der Waals surface area (Å²) >= 11 is 5.91. The van der Waals surface area contributed by atoms with Gasteiger partial charge in [-0.15, -0.1) is 0 Å². The molecule has 4 nitrogen and oxygen atoms in total. The third-order valence-electron chi connectivity index (χ3n) is 3.28. The fraction of sp³-hybridized carbons (Fsp3) is 0.125. The Hall–Kier alpha value is -2.40. The number of imidazole rings is 1. The molecule has 0 radical (unpaired) electrons. The first-order valence-electron chi connectivity index (χ1n) is 6.75. The lowest BCUT2D eigenvalue weighted by molar-refractivity contribution is -0.120. The summed E-state index contributed by atoms with van der Waals surface area (Å²) in [5.74, 6) is -0.778. The number of benzene rings is 1. The first-order chi connectivity index (χ1) is 10.6. The Balaban J connectivity index is 1.65. The Morgan fingerprint density at radius 2 is 2.14 bits per heavy atom. The van der Waals surface area contributed by atoms with Crippen LogP contribution in [0.2, 0.25) is 5.02 Å². The minimum absolute atomic E-state index is 0.0983. The molecule has 0 atom stereocenters. The van der Waals surface area contributed by atoms with Gasteiger partial charge in [0.05, 0.1) is 18.7 Å². The van der Waals surface area contributed by atoms with Gasteiger partial charge < -0.3 is 9.72 Å². The van der Waals surface area contributed by atoms with Gasteiger partial charge in [0.1, 0.15) is 11.5 Å². The van der Waals surface area contributed by atoms with Crippen molar-refractivity contribution in [2.24, 2.45) is 0 Å². The second-order valence-corrected chi connectivity index (χ2v) is 5.26. The van der Waals surface area contributed by atoms with E-state index >= 15 is 0 Å². The molecule has 0 bridgehead atoms. The molecule has 112 valence electrons.